The van der Waals surface area contributed by atoms with Gasteiger partial charge >= 0.3 is 6.03 Å². The normalized spacial score (nSPS) is 11.3. The largest absolute Gasteiger partial charge is 0.487 e. The number of halogens is 2. The summed E-state index contributed by atoms with van der Waals surface area (Å²) in [6.45, 7) is 11.8. The summed E-state index contributed by atoms with van der Waals surface area (Å²) in [7, 11) is 1.55. The second-order valence-corrected chi connectivity index (χ2v) is 13.9. The first-order valence-corrected chi connectivity index (χ1v) is 16.8. The third kappa shape index (κ3) is 7.97. The maximum atomic E-state index is 14.4. The van der Waals surface area contributed by atoms with Crippen LogP contribution in [0.15, 0.2) is 82.1 Å². The quantitative estimate of drug-likeness (QED) is 0.145. The fourth-order valence-electron chi connectivity index (χ4n) is 5.33. The summed E-state index contributed by atoms with van der Waals surface area (Å²) < 4.78 is 23.9. The van der Waals surface area contributed by atoms with Crippen molar-refractivity contribution >= 4 is 33.7 Å². The molecule has 0 saturated carbocycles. The molecule has 260 valence electrons. The Morgan fingerprint density at radius 2 is 1.66 bits per heavy atom. The molecule has 5 rings (SSSR count). The van der Waals surface area contributed by atoms with Gasteiger partial charge in [-0.2, -0.15) is 5.10 Å². The Balaban J connectivity index is 1.33. The fourth-order valence-corrected chi connectivity index (χ4v) is 5.74. The Morgan fingerprint density at radius 1 is 0.940 bits per heavy atom. The van der Waals surface area contributed by atoms with Gasteiger partial charge in [0, 0.05) is 42.4 Å². The lowest BCUT2D eigenvalue weighted by molar-refractivity contribution is 0.0963. The van der Waals surface area contributed by atoms with Crippen molar-refractivity contribution < 1.29 is 18.7 Å². The predicted molar refractivity (Wildman–Crippen MR) is 196 cm³/mol. The van der Waals surface area contributed by atoms with Crippen LogP contribution >= 0.6 is 15.9 Å². The minimum atomic E-state index is -0.493. The molecule has 3 amide bonds. The summed E-state index contributed by atoms with van der Waals surface area (Å²) in [5.74, 6) is 0.0576. The van der Waals surface area contributed by atoms with Crippen molar-refractivity contribution in [3.8, 4) is 17.1 Å². The van der Waals surface area contributed by atoms with Gasteiger partial charge in [0.15, 0.2) is 0 Å². The van der Waals surface area contributed by atoms with E-state index in [9.17, 15) is 18.8 Å². The van der Waals surface area contributed by atoms with Crippen LogP contribution in [0.5, 0.6) is 5.75 Å². The van der Waals surface area contributed by atoms with Gasteiger partial charge in [-0.05, 0) is 89.8 Å². The van der Waals surface area contributed by atoms with Crippen molar-refractivity contribution in [1.29, 1.82) is 0 Å². The minimum absolute atomic E-state index is 0.000721. The third-order valence-corrected chi connectivity index (χ3v) is 8.96. The average Bonchev–Trinajstić information content (AvgIpc) is 3.50. The van der Waals surface area contributed by atoms with Crippen molar-refractivity contribution in [3.63, 3.8) is 0 Å². The van der Waals surface area contributed by atoms with Crippen molar-refractivity contribution in [2.45, 2.75) is 60.1 Å². The zero-order chi connectivity index (χ0) is 36.3. The molecule has 50 heavy (non-hydrogen) atoms. The van der Waals surface area contributed by atoms with Gasteiger partial charge in [-0.1, -0.05) is 50.6 Å². The molecule has 0 fully saturated rings. The monoisotopic (exact) mass is 742 g/mol. The van der Waals surface area contributed by atoms with E-state index in [1.54, 1.807) is 49.0 Å². The molecule has 2 heterocycles. The molecule has 12 heteroatoms. The number of urea groups is 1. The summed E-state index contributed by atoms with van der Waals surface area (Å²) in [6.07, 6.45) is 0. The lowest BCUT2D eigenvalue weighted by Gasteiger charge is -2.18. The minimum Gasteiger partial charge on any atom is -0.487 e. The Hall–Kier alpha value is -5.23. The molecule has 5 aromatic rings. The molecule has 3 N–H and O–H groups in total. The topological polar surface area (TPSA) is 119 Å². The molecule has 3 aromatic carbocycles. The molecule has 0 aliphatic rings. The van der Waals surface area contributed by atoms with E-state index in [0.717, 1.165) is 22.5 Å². The van der Waals surface area contributed by atoms with E-state index in [1.807, 2.05) is 65.0 Å². The molecule has 0 spiro atoms. The maximum Gasteiger partial charge on any atom is 0.320 e. The Labute approximate surface area is 298 Å². The van der Waals surface area contributed by atoms with E-state index < -0.39 is 11.8 Å². The van der Waals surface area contributed by atoms with Crippen molar-refractivity contribution in [1.82, 2.24) is 25.0 Å². The molecule has 0 saturated heterocycles. The molecular weight excluding hydrogens is 703 g/mol. The molecule has 0 aliphatic heterocycles. The number of aromatic nitrogens is 3. The number of hydrogen-bond acceptors (Lipinski definition) is 5. The zero-order valence-corrected chi connectivity index (χ0v) is 30.7. The third-order valence-electron chi connectivity index (χ3n) is 8.23. The summed E-state index contributed by atoms with van der Waals surface area (Å²) >= 11 is 3.40. The Morgan fingerprint density at radius 3 is 2.34 bits per heavy atom. The highest BCUT2D eigenvalue weighted by Gasteiger charge is 2.22. The zero-order valence-electron chi connectivity index (χ0n) is 29.1. The van der Waals surface area contributed by atoms with Crippen molar-refractivity contribution in [3.05, 3.63) is 133 Å². The number of nitrogens with one attached hydrogen (secondary N) is 3. The first-order valence-electron chi connectivity index (χ1n) is 16.0. The van der Waals surface area contributed by atoms with Crippen LogP contribution in [-0.4, -0.2) is 33.3 Å². The second-order valence-electron chi connectivity index (χ2n) is 13.1. The first-order chi connectivity index (χ1) is 23.7. The molecule has 0 radical (unpaired) electrons. The number of pyridine rings is 1. The fraction of sp³-hybridized carbons (Fsp3) is 0.263. The van der Waals surface area contributed by atoms with Crippen LogP contribution in [0.4, 0.5) is 15.0 Å². The van der Waals surface area contributed by atoms with Gasteiger partial charge < -0.3 is 15.4 Å². The number of carbonyl (C=O) groups excluding carboxylic acids is 2. The van der Waals surface area contributed by atoms with Crippen LogP contribution in [-0.2, 0) is 18.6 Å². The number of benzene rings is 3. The number of carbonyl (C=O) groups is 2. The number of aryl methyl sites for hydroxylation is 3. The SMILES string of the molecule is CNC(=O)c1ccc(C)c(-n2c(C)cc(OCc3ccc(F)cc3CNC(=O)Nc3cc(C(C)(C)C)nn3-c3ccc(C)cc3)c(Br)c2=O)c1. The van der Waals surface area contributed by atoms with Crippen LogP contribution in [0.2, 0.25) is 0 Å². The number of hydrogen-bond donors (Lipinski definition) is 3. The van der Waals surface area contributed by atoms with Gasteiger partial charge in [-0.3, -0.25) is 19.5 Å². The van der Waals surface area contributed by atoms with Gasteiger partial charge in [-0.15, -0.1) is 0 Å². The molecule has 0 bridgehead atoms. The standard InChI is InChI=1S/C38H40BrFN6O4/c1-22-8-14-29(15-9-22)46-33(19-32(44-46)38(4,5)6)43-37(49)42-20-27-17-28(40)13-12-26(27)21-50-31-16-24(3)45(36(48)34(31)39)30-18-25(35(47)41-7)11-10-23(30)2/h8-19H,20-21H2,1-7H3,(H,41,47)(H2,42,43,49). The number of amides is 3. The first kappa shape index (κ1) is 36.1. The summed E-state index contributed by atoms with van der Waals surface area (Å²) in [6, 6.07) is 20.3. The molecular formula is C38H40BrFN6O4. The lowest BCUT2D eigenvalue weighted by Crippen LogP contribution is -2.29. The van der Waals surface area contributed by atoms with Gasteiger partial charge in [0.1, 0.15) is 28.5 Å². The van der Waals surface area contributed by atoms with E-state index in [4.69, 9.17) is 9.84 Å². The number of nitrogens with zero attached hydrogens (tertiary/aromatic N) is 3. The Kier molecular flexibility index (Phi) is 10.6. The second kappa shape index (κ2) is 14.7. The van der Waals surface area contributed by atoms with Crippen LogP contribution < -0.4 is 26.2 Å². The van der Waals surface area contributed by atoms with E-state index in [2.05, 4.69) is 31.9 Å². The number of rotatable bonds is 9. The van der Waals surface area contributed by atoms with E-state index in [0.29, 0.717) is 39.6 Å². The van der Waals surface area contributed by atoms with E-state index in [-0.39, 0.29) is 34.5 Å². The molecule has 0 atom stereocenters. The summed E-state index contributed by atoms with van der Waals surface area (Å²) in [5.41, 5.74) is 5.60. The van der Waals surface area contributed by atoms with Crippen molar-refractivity contribution in [2.24, 2.45) is 0 Å². The van der Waals surface area contributed by atoms with Crippen molar-refractivity contribution in [2.75, 3.05) is 12.4 Å². The predicted octanol–water partition coefficient (Wildman–Crippen LogP) is 7.41. The highest BCUT2D eigenvalue weighted by molar-refractivity contribution is 9.10. The van der Waals surface area contributed by atoms with Gasteiger partial charge in [0.25, 0.3) is 11.5 Å². The smallest absolute Gasteiger partial charge is 0.320 e. The molecule has 0 aliphatic carbocycles. The average molecular weight is 744 g/mol. The lowest BCUT2D eigenvalue weighted by atomic mass is 9.92. The summed E-state index contributed by atoms with van der Waals surface area (Å²) in [4.78, 5) is 39.0. The summed E-state index contributed by atoms with van der Waals surface area (Å²) in [5, 5.41) is 13.1. The van der Waals surface area contributed by atoms with Crippen LogP contribution in [0, 0.1) is 26.6 Å². The molecule has 10 nitrogen and oxygen atoms in total. The maximum absolute atomic E-state index is 14.4. The van der Waals surface area contributed by atoms with Gasteiger partial charge in [0.05, 0.1) is 17.1 Å². The van der Waals surface area contributed by atoms with Crippen LogP contribution in [0.25, 0.3) is 11.4 Å². The molecule has 2 aromatic heterocycles. The number of ether oxygens (including phenoxy) is 1. The van der Waals surface area contributed by atoms with Gasteiger partial charge in [-0.25, -0.2) is 13.9 Å². The highest BCUT2D eigenvalue weighted by atomic mass is 79.9. The van der Waals surface area contributed by atoms with Gasteiger partial charge in [0.2, 0.25) is 0 Å². The number of anilines is 1. The van der Waals surface area contributed by atoms with E-state index >= 15 is 0 Å². The van der Waals surface area contributed by atoms with Crippen LogP contribution in [0.1, 0.15) is 64.8 Å². The van der Waals surface area contributed by atoms with E-state index in [1.165, 1.54) is 16.7 Å². The highest BCUT2D eigenvalue weighted by Crippen LogP contribution is 2.28. The molecule has 0 unspecified atom stereocenters. The van der Waals surface area contributed by atoms with Crippen LogP contribution in [0.3, 0.4) is 0 Å². The Bertz CT molecular complexity index is 2130.